The van der Waals surface area contributed by atoms with E-state index in [1.165, 1.54) is 18.7 Å². The lowest BCUT2D eigenvalue weighted by Gasteiger charge is -2.34. The molecule has 0 radical (unpaired) electrons. The number of nitrogens with two attached hydrogens (primary N) is 1. The zero-order valence-electron chi connectivity index (χ0n) is 16.1. The first-order chi connectivity index (χ1) is 12.6. The van der Waals surface area contributed by atoms with E-state index in [2.05, 4.69) is 46.3 Å². The number of amides is 1. The van der Waals surface area contributed by atoms with E-state index < -0.39 is 0 Å². The number of carbonyl (C=O) groups is 1. The molecule has 1 amide bonds. The molecule has 5 nitrogen and oxygen atoms in total. The number of rotatable bonds is 6. The summed E-state index contributed by atoms with van der Waals surface area (Å²) in [5.74, 6) is 0.262. The molecule has 1 aromatic rings. The third-order valence-electron chi connectivity index (χ3n) is 5.89. The number of hydrogen-bond acceptors (Lipinski definition) is 4. The summed E-state index contributed by atoms with van der Waals surface area (Å²) in [4.78, 5) is 17.3. The van der Waals surface area contributed by atoms with Crippen molar-refractivity contribution in [2.24, 2.45) is 11.7 Å². The fourth-order valence-electron chi connectivity index (χ4n) is 4.08. The SMILES string of the molecule is CCN1CCN(Cc2ccc(CNC(=O)C3CCCC(N)C3)cc2)CC1. The molecule has 3 N–H and O–H groups in total. The molecular formula is C21H34N4O. The largest absolute Gasteiger partial charge is 0.352 e. The Balaban J connectivity index is 1.42. The van der Waals surface area contributed by atoms with Crippen molar-refractivity contribution >= 4 is 5.91 Å². The summed E-state index contributed by atoms with van der Waals surface area (Å²) in [6.45, 7) is 9.66. The first-order valence-electron chi connectivity index (χ1n) is 10.2. The van der Waals surface area contributed by atoms with Gasteiger partial charge in [-0.1, -0.05) is 37.6 Å². The molecule has 1 saturated carbocycles. The number of carbonyl (C=O) groups excluding carboxylic acids is 1. The normalized spacial score (nSPS) is 25.2. The number of nitrogens with zero attached hydrogens (tertiary/aromatic N) is 2. The third-order valence-corrected chi connectivity index (χ3v) is 5.89. The average molecular weight is 359 g/mol. The van der Waals surface area contributed by atoms with Crippen LogP contribution in [0.1, 0.15) is 43.7 Å². The molecule has 0 spiro atoms. The van der Waals surface area contributed by atoms with Gasteiger partial charge in [-0.15, -0.1) is 0 Å². The van der Waals surface area contributed by atoms with Gasteiger partial charge < -0.3 is 16.0 Å². The van der Waals surface area contributed by atoms with E-state index in [1.54, 1.807) is 0 Å². The minimum atomic E-state index is 0.0970. The molecule has 1 saturated heterocycles. The van der Waals surface area contributed by atoms with E-state index in [1.807, 2.05) is 0 Å². The summed E-state index contributed by atoms with van der Waals surface area (Å²) in [6.07, 6.45) is 3.93. The molecule has 2 unspecified atom stereocenters. The fraction of sp³-hybridized carbons (Fsp3) is 0.667. The second kappa shape index (κ2) is 9.49. The molecule has 2 fully saturated rings. The van der Waals surface area contributed by atoms with Gasteiger partial charge in [0.2, 0.25) is 5.91 Å². The van der Waals surface area contributed by atoms with Crippen LogP contribution < -0.4 is 11.1 Å². The van der Waals surface area contributed by atoms with Crippen molar-refractivity contribution in [2.45, 2.75) is 51.7 Å². The lowest BCUT2D eigenvalue weighted by atomic mass is 9.85. The standard InChI is InChI=1S/C21H34N4O/c1-2-24-10-12-25(13-11-24)16-18-8-6-17(7-9-18)15-23-21(26)19-4-3-5-20(22)14-19/h6-9,19-20H,2-5,10-16,22H2,1H3,(H,23,26). The highest BCUT2D eigenvalue weighted by molar-refractivity contribution is 5.78. The highest BCUT2D eigenvalue weighted by Gasteiger charge is 2.25. The quantitative estimate of drug-likeness (QED) is 0.816. The molecule has 1 aromatic carbocycles. The Morgan fingerprint density at radius 2 is 1.73 bits per heavy atom. The van der Waals surface area contributed by atoms with Crippen LogP contribution in [-0.4, -0.2) is 54.5 Å². The third kappa shape index (κ3) is 5.53. The zero-order valence-corrected chi connectivity index (χ0v) is 16.1. The molecule has 1 aliphatic heterocycles. The zero-order chi connectivity index (χ0) is 18.4. The molecule has 26 heavy (non-hydrogen) atoms. The molecule has 1 aliphatic carbocycles. The van der Waals surface area contributed by atoms with E-state index in [0.29, 0.717) is 6.54 Å². The molecule has 5 heteroatoms. The van der Waals surface area contributed by atoms with Crippen LogP contribution in [0.3, 0.4) is 0 Å². The summed E-state index contributed by atoms with van der Waals surface area (Å²) in [5, 5.41) is 3.09. The average Bonchev–Trinajstić information content (AvgIpc) is 2.68. The predicted octanol–water partition coefficient (Wildman–Crippen LogP) is 1.96. The first kappa shape index (κ1) is 19.3. The number of benzene rings is 1. The molecule has 0 aromatic heterocycles. The molecule has 2 atom stereocenters. The van der Waals surface area contributed by atoms with Crippen LogP contribution in [0.25, 0.3) is 0 Å². The van der Waals surface area contributed by atoms with Crippen LogP contribution in [0.5, 0.6) is 0 Å². The topological polar surface area (TPSA) is 61.6 Å². The molecular weight excluding hydrogens is 324 g/mol. The van der Waals surface area contributed by atoms with Gasteiger partial charge in [-0.25, -0.2) is 0 Å². The van der Waals surface area contributed by atoms with E-state index in [-0.39, 0.29) is 17.9 Å². The van der Waals surface area contributed by atoms with Crippen LogP contribution in [0, 0.1) is 5.92 Å². The summed E-state index contributed by atoms with van der Waals surface area (Å²) >= 11 is 0. The molecule has 3 rings (SSSR count). The van der Waals surface area contributed by atoms with Crippen molar-refractivity contribution in [1.82, 2.24) is 15.1 Å². The molecule has 0 bridgehead atoms. The number of hydrogen-bond donors (Lipinski definition) is 2. The van der Waals surface area contributed by atoms with Crippen molar-refractivity contribution in [3.8, 4) is 0 Å². The van der Waals surface area contributed by atoms with Crippen LogP contribution >= 0.6 is 0 Å². The van der Waals surface area contributed by atoms with Crippen LogP contribution in [0.15, 0.2) is 24.3 Å². The Morgan fingerprint density at radius 1 is 1.08 bits per heavy atom. The van der Waals surface area contributed by atoms with Gasteiger partial charge in [-0.3, -0.25) is 9.69 Å². The van der Waals surface area contributed by atoms with E-state index in [0.717, 1.165) is 57.4 Å². The Hall–Kier alpha value is -1.43. The van der Waals surface area contributed by atoms with Crippen LogP contribution in [-0.2, 0) is 17.9 Å². The Bertz CT molecular complexity index is 566. The van der Waals surface area contributed by atoms with Crippen LogP contribution in [0.2, 0.25) is 0 Å². The lowest BCUT2D eigenvalue weighted by Crippen LogP contribution is -2.45. The number of nitrogens with one attached hydrogen (secondary N) is 1. The summed E-state index contributed by atoms with van der Waals surface area (Å²) in [6, 6.07) is 8.88. The van der Waals surface area contributed by atoms with E-state index in [9.17, 15) is 4.79 Å². The summed E-state index contributed by atoms with van der Waals surface area (Å²) < 4.78 is 0. The minimum absolute atomic E-state index is 0.0970. The first-order valence-corrected chi connectivity index (χ1v) is 10.2. The van der Waals surface area contributed by atoms with Gasteiger partial charge in [0.05, 0.1) is 0 Å². The molecule has 1 heterocycles. The van der Waals surface area contributed by atoms with Gasteiger partial charge in [0, 0.05) is 51.2 Å². The monoisotopic (exact) mass is 358 g/mol. The van der Waals surface area contributed by atoms with Crippen molar-refractivity contribution in [1.29, 1.82) is 0 Å². The number of likely N-dealkylation sites (N-methyl/N-ethyl adjacent to an activating group) is 1. The van der Waals surface area contributed by atoms with Crippen molar-refractivity contribution in [2.75, 3.05) is 32.7 Å². The maximum absolute atomic E-state index is 12.3. The summed E-state index contributed by atoms with van der Waals surface area (Å²) in [5.41, 5.74) is 8.51. The number of piperazine rings is 1. The van der Waals surface area contributed by atoms with Gasteiger partial charge in [0.25, 0.3) is 0 Å². The highest BCUT2D eigenvalue weighted by Crippen LogP contribution is 2.23. The van der Waals surface area contributed by atoms with Crippen molar-refractivity contribution < 1.29 is 4.79 Å². The maximum Gasteiger partial charge on any atom is 0.223 e. The Kier molecular flexibility index (Phi) is 7.06. The second-order valence-electron chi connectivity index (χ2n) is 7.87. The fourth-order valence-corrected chi connectivity index (χ4v) is 4.08. The van der Waals surface area contributed by atoms with Crippen LogP contribution in [0.4, 0.5) is 0 Å². The maximum atomic E-state index is 12.3. The Morgan fingerprint density at radius 3 is 2.38 bits per heavy atom. The van der Waals surface area contributed by atoms with Crippen molar-refractivity contribution in [3.05, 3.63) is 35.4 Å². The smallest absolute Gasteiger partial charge is 0.223 e. The highest BCUT2D eigenvalue weighted by atomic mass is 16.1. The summed E-state index contributed by atoms with van der Waals surface area (Å²) in [7, 11) is 0. The lowest BCUT2D eigenvalue weighted by molar-refractivity contribution is -0.126. The molecule has 2 aliphatic rings. The predicted molar refractivity (Wildman–Crippen MR) is 106 cm³/mol. The molecule has 144 valence electrons. The van der Waals surface area contributed by atoms with Gasteiger partial charge in [-0.2, -0.15) is 0 Å². The van der Waals surface area contributed by atoms with Gasteiger partial charge in [-0.05, 0) is 36.9 Å². The minimum Gasteiger partial charge on any atom is -0.352 e. The van der Waals surface area contributed by atoms with Gasteiger partial charge in [0.1, 0.15) is 0 Å². The van der Waals surface area contributed by atoms with Crippen molar-refractivity contribution in [3.63, 3.8) is 0 Å². The van der Waals surface area contributed by atoms with E-state index in [4.69, 9.17) is 5.73 Å². The van der Waals surface area contributed by atoms with Gasteiger partial charge >= 0.3 is 0 Å². The van der Waals surface area contributed by atoms with E-state index >= 15 is 0 Å². The van der Waals surface area contributed by atoms with Gasteiger partial charge in [0.15, 0.2) is 0 Å². The Labute approximate surface area is 157 Å². The second-order valence-corrected chi connectivity index (χ2v) is 7.87.